The lowest BCUT2D eigenvalue weighted by atomic mass is 10.1. The third-order valence-electron chi connectivity index (χ3n) is 3.74. The Morgan fingerprint density at radius 3 is 2.71 bits per heavy atom. The molecule has 1 saturated heterocycles. The molecule has 0 saturated carbocycles. The standard InChI is InChI=1S/C17H27NO3/c1-5-13-10-11-15(20-13)14-9-7-6-8-12-18(14)16(19)21-17(2,3)4/h10-11,14H,5-9,12H2,1-4H3. The molecule has 1 unspecified atom stereocenters. The van der Waals surface area contributed by atoms with Crippen molar-refractivity contribution in [2.75, 3.05) is 6.54 Å². The van der Waals surface area contributed by atoms with E-state index in [1.165, 1.54) is 0 Å². The van der Waals surface area contributed by atoms with Gasteiger partial charge in [-0.25, -0.2) is 4.79 Å². The first-order valence-corrected chi connectivity index (χ1v) is 7.99. The zero-order valence-electron chi connectivity index (χ0n) is 13.6. The zero-order valence-corrected chi connectivity index (χ0v) is 13.6. The van der Waals surface area contributed by atoms with Crippen molar-refractivity contribution in [3.63, 3.8) is 0 Å². The maximum atomic E-state index is 12.5. The fraction of sp³-hybridized carbons (Fsp3) is 0.706. The number of ether oxygens (including phenoxy) is 1. The topological polar surface area (TPSA) is 42.7 Å². The largest absolute Gasteiger partial charge is 0.464 e. The van der Waals surface area contributed by atoms with Crippen LogP contribution in [0.4, 0.5) is 4.79 Å². The van der Waals surface area contributed by atoms with Crippen LogP contribution < -0.4 is 0 Å². The molecule has 1 amide bonds. The Morgan fingerprint density at radius 2 is 2.10 bits per heavy atom. The van der Waals surface area contributed by atoms with Crippen molar-refractivity contribution in [2.24, 2.45) is 0 Å². The highest BCUT2D eigenvalue weighted by Crippen LogP contribution is 2.32. The maximum Gasteiger partial charge on any atom is 0.410 e. The van der Waals surface area contributed by atoms with E-state index in [9.17, 15) is 4.79 Å². The summed E-state index contributed by atoms with van der Waals surface area (Å²) >= 11 is 0. The first-order chi connectivity index (χ1) is 9.90. The molecule has 118 valence electrons. The van der Waals surface area contributed by atoms with Gasteiger partial charge in [-0.05, 0) is 45.7 Å². The van der Waals surface area contributed by atoms with Gasteiger partial charge in [0.05, 0.1) is 6.04 Å². The lowest BCUT2D eigenvalue weighted by Gasteiger charge is -2.31. The highest BCUT2D eigenvalue weighted by atomic mass is 16.6. The fourth-order valence-electron chi connectivity index (χ4n) is 2.71. The average Bonchev–Trinajstić information content (AvgIpc) is 2.73. The minimum atomic E-state index is -0.467. The highest BCUT2D eigenvalue weighted by Gasteiger charge is 2.32. The summed E-state index contributed by atoms with van der Waals surface area (Å²) in [4.78, 5) is 14.3. The van der Waals surface area contributed by atoms with Gasteiger partial charge in [0.1, 0.15) is 17.1 Å². The van der Waals surface area contributed by atoms with Gasteiger partial charge in [-0.1, -0.05) is 19.8 Å². The minimum Gasteiger partial charge on any atom is -0.464 e. The smallest absolute Gasteiger partial charge is 0.410 e. The van der Waals surface area contributed by atoms with Gasteiger partial charge < -0.3 is 9.15 Å². The van der Waals surface area contributed by atoms with Crippen LogP contribution in [0.1, 0.15) is 70.9 Å². The minimum absolute atomic E-state index is 0.00245. The van der Waals surface area contributed by atoms with E-state index in [1.807, 2.05) is 37.8 Å². The monoisotopic (exact) mass is 293 g/mol. The summed E-state index contributed by atoms with van der Waals surface area (Å²) in [6, 6.07) is 4.02. The van der Waals surface area contributed by atoms with Crippen LogP contribution in [0.15, 0.2) is 16.5 Å². The van der Waals surface area contributed by atoms with Crippen molar-refractivity contribution in [3.8, 4) is 0 Å². The van der Waals surface area contributed by atoms with Gasteiger partial charge in [-0.3, -0.25) is 4.90 Å². The second kappa shape index (κ2) is 6.54. The normalized spacial score (nSPS) is 20.2. The number of hydrogen-bond donors (Lipinski definition) is 0. The Balaban J connectivity index is 2.19. The van der Waals surface area contributed by atoms with Crippen molar-refractivity contribution in [1.29, 1.82) is 0 Å². The van der Waals surface area contributed by atoms with Crippen molar-refractivity contribution < 1.29 is 13.9 Å². The Bertz CT molecular complexity index is 473. The number of nitrogens with zero attached hydrogens (tertiary/aromatic N) is 1. The average molecular weight is 293 g/mol. The quantitative estimate of drug-likeness (QED) is 0.794. The number of hydrogen-bond acceptors (Lipinski definition) is 3. The van der Waals surface area contributed by atoms with Crippen molar-refractivity contribution >= 4 is 6.09 Å². The summed E-state index contributed by atoms with van der Waals surface area (Å²) in [5.41, 5.74) is -0.467. The number of rotatable bonds is 2. The Morgan fingerprint density at radius 1 is 1.33 bits per heavy atom. The van der Waals surface area contributed by atoms with Gasteiger partial charge in [0.25, 0.3) is 0 Å². The van der Waals surface area contributed by atoms with E-state index in [1.54, 1.807) is 0 Å². The van der Waals surface area contributed by atoms with Crippen LogP contribution in [0.3, 0.4) is 0 Å². The van der Waals surface area contributed by atoms with Gasteiger partial charge >= 0.3 is 6.09 Å². The van der Waals surface area contributed by atoms with Gasteiger partial charge in [-0.15, -0.1) is 0 Å². The summed E-state index contributed by atoms with van der Waals surface area (Å²) in [6.07, 6.45) is 4.87. The number of aryl methyl sites for hydroxylation is 1. The molecule has 0 aliphatic carbocycles. The van der Waals surface area contributed by atoms with Crippen LogP contribution in [0.5, 0.6) is 0 Å². The molecule has 0 bridgehead atoms. The maximum absolute atomic E-state index is 12.5. The predicted molar refractivity (Wildman–Crippen MR) is 82.2 cm³/mol. The summed E-state index contributed by atoms with van der Waals surface area (Å²) in [5, 5.41) is 0. The number of furan rings is 1. The zero-order chi connectivity index (χ0) is 15.5. The van der Waals surface area contributed by atoms with E-state index in [2.05, 4.69) is 6.92 Å². The second-order valence-electron chi connectivity index (χ2n) is 6.70. The van der Waals surface area contributed by atoms with E-state index in [0.29, 0.717) is 0 Å². The third-order valence-corrected chi connectivity index (χ3v) is 3.74. The second-order valence-corrected chi connectivity index (χ2v) is 6.70. The summed E-state index contributed by atoms with van der Waals surface area (Å²) in [6.45, 7) is 8.52. The molecule has 21 heavy (non-hydrogen) atoms. The van der Waals surface area contributed by atoms with Gasteiger partial charge in [0, 0.05) is 13.0 Å². The van der Waals surface area contributed by atoms with E-state index in [0.717, 1.165) is 50.2 Å². The number of carbonyl (C=O) groups is 1. The van der Waals surface area contributed by atoms with E-state index >= 15 is 0 Å². The molecule has 1 fully saturated rings. The summed E-state index contributed by atoms with van der Waals surface area (Å²) in [7, 11) is 0. The molecule has 2 rings (SSSR count). The molecule has 4 nitrogen and oxygen atoms in total. The lowest BCUT2D eigenvalue weighted by Crippen LogP contribution is -2.39. The molecule has 1 aliphatic rings. The van der Waals surface area contributed by atoms with Crippen LogP contribution in [-0.4, -0.2) is 23.1 Å². The molecule has 0 aromatic carbocycles. The lowest BCUT2D eigenvalue weighted by molar-refractivity contribution is 0.0141. The number of carbonyl (C=O) groups excluding carboxylic acids is 1. The van der Waals surface area contributed by atoms with Crippen molar-refractivity contribution in [3.05, 3.63) is 23.7 Å². The fourth-order valence-corrected chi connectivity index (χ4v) is 2.71. The molecule has 1 aliphatic heterocycles. The Hall–Kier alpha value is -1.45. The van der Waals surface area contributed by atoms with Crippen LogP contribution in [0.25, 0.3) is 0 Å². The Labute approximate surface area is 127 Å². The summed E-state index contributed by atoms with van der Waals surface area (Å²) < 4.78 is 11.5. The van der Waals surface area contributed by atoms with Crippen molar-refractivity contribution in [2.45, 2.75) is 71.4 Å². The molecular weight excluding hydrogens is 266 g/mol. The molecule has 1 aromatic heterocycles. The Kier molecular flexibility index (Phi) is 4.96. The van der Waals surface area contributed by atoms with Gasteiger partial charge in [0.15, 0.2) is 0 Å². The van der Waals surface area contributed by atoms with E-state index in [4.69, 9.17) is 9.15 Å². The van der Waals surface area contributed by atoms with Gasteiger partial charge in [0.2, 0.25) is 0 Å². The molecule has 2 heterocycles. The van der Waals surface area contributed by atoms with E-state index < -0.39 is 5.60 Å². The van der Waals surface area contributed by atoms with E-state index in [-0.39, 0.29) is 12.1 Å². The molecular formula is C17H27NO3. The first kappa shape index (κ1) is 15.9. The molecule has 4 heteroatoms. The molecule has 0 N–H and O–H groups in total. The third kappa shape index (κ3) is 4.26. The summed E-state index contributed by atoms with van der Waals surface area (Å²) in [5.74, 6) is 1.86. The van der Waals surface area contributed by atoms with Crippen molar-refractivity contribution in [1.82, 2.24) is 4.90 Å². The molecule has 1 aromatic rings. The number of amides is 1. The van der Waals surface area contributed by atoms with Gasteiger partial charge in [-0.2, -0.15) is 0 Å². The molecule has 1 atom stereocenters. The van der Waals surface area contributed by atoms with Crippen LogP contribution >= 0.6 is 0 Å². The molecule has 0 spiro atoms. The van der Waals surface area contributed by atoms with Crippen LogP contribution in [-0.2, 0) is 11.2 Å². The van der Waals surface area contributed by atoms with Crippen LogP contribution in [0.2, 0.25) is 0 Å². The number of likely N-dealkylation sites (tertiary alicyclic amines) is 1. The molecule has 0 radical (unpaired) electrons. The highest BCUT2D eigenvalue weighted by molar-refractivity contribution is 5.68. The SMILES string of the molecule is CCc1ccc(C2CCCCCN2C(=O)OC(C)(C)C)o1. The predicted octanol–water partition coefficient (Wildman–Crippen LogP) is 4.69. The first-order valence-electron chi connectivity index (χ1n) is 7.99. The van der Waals surface area contributed by atoms with Crippen LogP contribution in [0, 0.1) is 0 Å².